The summed E-state index contributed by atoms with van der Waals surface area (Å²) in [5.41, 5.74) is 1.19. The first-order valence-electron chi connectivity index (χ1n) is 7.96. The Morgan fingerprint density at radius 3 is 1.48 bits per heavy atom. The number of hydrogen-bond donors (Lipinski definition) is 0. The van der Waals surface area contributed by atoms with E-state index in [1.165, 1.54) is 72.8 Å². The summed E-state index contributed by atoms with van der Waals surface area (Å²) >= 11 is 0. The number of alkyl halides is 3. The Labute approximate surface area is 153 Å². The molecule has 142 valence electrons. The van der Waals surface area contributed by atoms with Crippen molar-refractivity contribution in [3.05, 3.63) is 83.4 Å². The highest BCUT2D eigenvalue weighted by atomic mass is 19.4. The van der Waals surface area contributed by atoms with Gasteiger partial charge in [-0.3, -0.25) is 4.79 Å². The van der Waals surface area contributed by atoms with E-state index in [2.05, 4.69) is 0 Å². The molecule has 2 nitrogen and oxygen atoms in total. The van der Waals surface area contributed by atoms with Crippen LogP contribution in [0.25, 0.3) is 12.2 Å². The lowest BCUT2D eigenvalue weighted by Crippen LogP contribution is -2.41. The lowest BCUT2D eigenvalue weighted by Gasteiger charge is -2.20. The zero-order valence-electron chi connectivity index (χ0n) is 14.1. The van der Waals surface area contributed by atoms with E-state index in [9.17, 15) is 26.7 Å². The Kier molecular flexibility index (Phi) is 6.87. The topological polar surface area (TPSA) is 20.3 Å². The van der Waals surface area contributed by atoms with Crippen LogP contribution in [0.3, 0.4) is 0 Å². The zero-order valence-corrected chi connectivity index (χ0v) is 14.1. The molecule has 7 heteroatoms. The van der Waals surface area contributed by atoms with Gasteiger partial charge in [0.25, 0.3) is 0 Å². The number of carbonyl (C=O) groups excluding carboxylic acids is 1. The number of halogens is 5. The van der Waals surface area contributed by atoms with Crippen molar-refractivity contribution in [2.24, 2.45) is 0 Å². The van der Waals surface area contributed by atoms with Crippen LogP contribution in [0.2, 0.25) is 0 Å². The Bertz CT molecular complexity index is 750. The van der Waals surface area contributed by atoms with E-state index in [4.69, 9.17) is 0 Å². The van der Waals surface area contributed by atoms with E-state index in [0.29, 0.717) is 16.0 Å². The molecule has 0 unspecified atom stereocenters. The van der Waals surface area contributed by atoms with Crippen molar-refractivity contribution in [2.45, 2.75) is 6.18 Å². The molecule has 1 amide bonds. The molecule has 0 aromatic heterocycles. The van der Waals surface area contributed by atoms with E-state index >= 15 is 0 Å². The Morgan fingerprint density at radius 1 is 0.778 bits per heavy atom. The van der Waals surface area contributed by atoms with Crippen molar-refractivity contribution < 1.29 is 26.7 Å². The monoisotopic (exact) mass is 381 g/mol. The first-order valence-corrected chi connectivity index (χ1v) is 7.96. The predicted octanol–water partition coefficient (Wildman–Crippen LogP) is 5.08. The van der Waals surface area contributed by atoms with Gasteiger partial charge >= 0.3 is 12.1 Å². The molecule has 0 aliphatic carbocycles. The first-order chi connectivity index (χ1) is 12.8. The van der Waals surface area contributed by atoms with Crippen LogP contribution in [0.1, 0.15) is 11.1 Å². The highest BCUT2D eigenvalue weighted by Crippen LogP contribution is 2.19. The minimum Gasteiger partial charge on any atom is -0.327 e. The molecule has 0 aliphatic rings. The van der Waals surface area contributed by atoms with Crippen molar-refractivity contribution >= 4 is 18.1 Å². The second kappa shape index (κ2) is 9.12. The largest absolute Gasteiger partial charge is 0.471 e. The van der Waals surface area contributed by atoms with E-state index in [0.717, 1.165) is 0 Å². The lowest BCUT2D eigenvalue weighted by molar-refractivity contribution is -0.184. The van der Waals surface area contributed by atoms with Gasteiger partial charge in [-0.1, -0.05) is 48.6 Å². The van der Waals surface area contributed by atoms with Crippen LogP contribution >= 0.6 is 0 Å². The van der Waals surface area contributed by atoms with E-state index in [1.807, 2.05) is 0 Å². The van der Waals surface area contributed by atoms with Gasteiger partial charge < -0.3 is 4.90 Å². The van der Waals surface area contributed by atoms with Crippen LogP contribution in [0.15, 0.2) is 60.7 Å². The van der Waals surface area contributed by atoms with Gasteiger partial charge in [-0.25, -0.2) is 8.78 Å². The second-order valence-electron chi connectivity index (χ2n) is 5.62. The maximum atomic E-state index is 12.8. The number of amides is 1. The SMILES string of the molecule is O=C(N(C/C=C/c1ccc(F)cc1)C/C=C/c1ccc(F)cc1)C(F)(F)F. The van der Waals surface area contributed by atoms with Gasteiger partial charge in [0.05, 0.1) is 0 Å². The Morgan fingerprint density at radius 2 is 1.15 bits per heavy atom. The molecular formula is C20H16F5NO. The Hall–Kier alpha value is -2.96. The van der Waals surface area contributed by atoms with Gasteiger partial charge in [-0.05, 0) is 35.4 Å². The molecule has 0 aliphatic heterocycles. The molecule has 2 aromatic rings. The van der Waals surface area contributed by atoms with Crippen molar-refractivity contribution in [2.75, 3.05) is 13.1 Å². The van der Waals surface area contributed by atoms with E-state index in [-0.39, 0.29) is 13.1 Å². The van der Waals surface area contributed by atoms with Crippen LogP contribution in [-0.2, 0) is 4.79 Å². The number of rotatable bonds is 6. The van der Waals surface area contributed by atoms with Gasteiger partial charge in [0.2, 0.25) is 0 Å². The highest BCUT2D eigenvalue weighted by Gasteiger charge is 2.41. The maximum Gasteiger partial charge on any atom is 0.471 e. The lowest BCUT2D eigenvalue weighted by atomic mass is 10.2. The molecule has 0 heterocycles. The summed E-state index contributed by atoms with van der Waals surface area (Å²) in [4.78, 5) is 12.2. The number of carbonyl (C=O) groups is 1. The quantitative estimate of drug-likeness (QED) is 0.639. The third-order valence-corrected chi connectivity index (χ3v) is 3.54. The molecule has 0 radical (unpaired) electrons. The van der Waals surface area contributed by atoms with Crippen molar-refractivity contribution in [1.29, 1.82) is 0 Å². The predicted molar refractivity (Wildman–Crippen MR) is 93.5 cm³/mol. The normalized spacial score (nSPS) is 12.0. The minimum absolute atomic E-state index is 0.274. The van der Waals surface area contributed by atoms with Crippen molar-refractivity contribution in [1.82, 2.24) is 4.90 Å². The molecule has 0 N–H and O–H groups in total. The molecule has 27 heavy (non-hydrogen) atoms. The summed E-state index contributed by atoms with van der Waals surface area (Å²) in [7, 11) is 0. The number of nitrogens with zero attached hydrogens (tertiary/aromatic N) is 1. The van der Waals surface area contributed by atoms with Gasteiger partial charge in [-0.15, -0.1) is 0 Å². The average molecular weight is 381 g/mol. The van der Waals surface area contributed by atoms with Gasteiger partial charge in [0, 0.05) is 13.1 Å². The van der Waals surface area contributed by atoms with E-state index < -0.39 is 23.7 Å². The summed E-state index contributed by atoms with van der Waals surface area (Å²) in [5, 5.41) is 0. The minimum atomic E-state index is -4.99. The molecule has 0 saturated carbocycles. The molecular weight excluding hydrogens is 365 g/mol. The van der Waals surface area contributed by atoms with Crippen LogP contribution in [0, 0.1) is 11.6 Å². The molecule has 0 spiro atoms. The maximum absolute atomic E-state index is 12.8. The van der Waals surface area contributed by atoms with Crippen LogP contribution in [0.4, 0.5) is 22.0 Å². The van der Waals surface area contributed by atoms with Gasteiger partial charge in [0.15, 0.2) is 0 Å². The summed E-state index contributed by atoms with van der Waals surface area (Å²) in [6.45, 7) is -0.549. The fraction of sp³-hybridized carbons (Fsp3) is 0.150. The fourth-order valence-electron chi connectivity index (χ4n) is 2.20. The molecule has 0 saturated heterocycles. The smallest absolute Gasteiger partial charge is 0.327 e. The fourth-order valence-corrected chi connectivity index (χ4v) is 2.20. The zero-order chi connectivity index (χ0) is 19.9. The third kappa shape index (κ3) is 6.69. The van der Waals surface area contributed by atoms with Gasteiger partial charge in [0.1, 0.15) is 11.6 Å². The third-order valence-electron chi connectivity index (χ3n) is 3.54. The average Bonchev–Trinajstić information content (AvgIpc) is 2.62. The molecule has 0 bridgehead atoms. The number of benzene rings is 2. The van der Waals surface area contributed by atoms with Crippen LogP contribution in [0.5, 0.6) is 0 Å². The first kappa shape index (κ1) is 20.4. The number of hydrogen-bond acceptors (Lipinski definition) is 1. The summed E-state index contributed by atoms with van der Waals surface area (Å²) < 4.78 is 64.0. The highest BCUT2D eigenvalue weighted by molar-refractivity contribution is 5.82. The molecule has 2 aromatic carbocycles. The Balaban J connectivity index is 2.05. The second-order valence-corrected chi connectivity index (χ2v) is 5.62. The van der Waals surface area contributed by atoms with E-state index in [1.54, 1.807) is 0 Å². The summed E-state index contributed by atoms with van der Waals surface area (Å²) in [5.74, 6) is -2.81. The molecule has 2 rings (SSSR count). The van der Waals surface area contributed by atoms with Crippen LogP contribution in [-0.4, -0.2) is 30.1 Å². The van der Waals surface area contributed by atoms with Crippen LogP contribution < -0.4 is 0 Å². The van der Waals surface area contributed by atoms with Crippen molar-refractivity contribution in [3.63, 3.8) is 0 Å². The summed E-state index contributed by atoms with van der Waals surface area (Å²) in [6, 6.07) is 10.8. The molecule has 0 fully saturated rings. The molecule has 0 atom stereocenters. The van der Waals surface area contributed by atoms with Crippen molar-refractivity contribution in [3.8, 4) is 0 Å². The van der Waals surface area contributed by atoms with Gasteiger partial charge in [-0.2, -0.15) is 13.2 Å². The standard InChI is InChI=1S/C20H16F5NO/c21-17-9-5-15(6-10-17)3-1-13-26(19(27)20(23,24)25)14-2-4-16-7-11-18(22)12-8-16/h1-12H,13-14H2/b3-1+,4-2+. The summed E-state index contributed by atoms with van der Waals surface area (Å²) in [6.07, 6.45) is 0.790.